The van der Waals surface area contributed by atoms with Gasteiger partial charge in [-0.05, 0) is 37.7 Å². The highest BCUT2D eigenvalue weighted by atomic mass is 32.2. The van der Waals surface area contributed by atoms with Crippen LogP contribution in [-0.4, -0.2) is 59.3 Å². The Morgan fingerprint density at radius 2 is 1.97 bits per heavy atom. The van der Waals surface area contributed by atoms with Crippen LogP contribution in [0.1, 0.15) is 37.7 Å². The molecule has 2 aromatic rings. The molecule has 1 amide bonds. The monoisotopic (exact) mass is 441 g/mol. The number of thioether (sulfide) groups is 1. The highest BCUT2D eigenvalue weighted by Gasteiger charge is 2.21. The Kier molecular flexibility index (Phi) is 8.01. The zero-order valence-corrected chi connectivity index (χ0v) is 18.8. The Labute approximate surface area is 188 Å². The largest absolute Gasteiger partial charge is 0.378 e. The van der Waals surface area contributed by atoms with E-state index in [1.165, 1.54) is 48.6 Å². The Bertz CT molecular complexity index is 877. The molecule has 1 aromatic heterocycles. The van der Waals surface area contributed by atoms with Crippen LogP contribution in [0.15, 0.2) is 47.1 Å². The molecule has 1 saturated heterocycles. The summed E-state index contributed by atoms with van der Waals surface area (Å²) in [5.41, 5.74) is 2.67. The Morgan fingerprint density at radius 3 is 2.74 bits per heavy atom. The van der Waals surface area contributed by atoms with Crippen LogP contribution in [0.25, 0.3) is 0 Å². The van der Waals surface area contributed by atoms with E-state index in [9.17, 15) is 4.79 Å². The fourth-order valence-electron chi connectivity index (χ4n) is 3.96. The molecule has 0 atom stereocenters. The molecule has 8 heteroatoms. The number of nitrogens with zero attached hydrogens (tertiary/aromatic N) is 4. The number of aromatic nitrogens is 3. The third kappa shape index (κ3) is 6.33. The van der Waals surface area contributed by atoms with Gasteiger partial charge in [0.05, 0.1) is 25.5 Å². The standard InChI is InChI=1S/C23H31N5O2S/c29-21(24-12-11-19-7-3-1-4-8-19)18-31-23-26-25-22(27-13-15-30-16-14-27)28(23)17-20-9-5-2-6-10-20/h2,5-7,9-10H,1,3-4,8,11-18H2,(H,24,29). The molecule has 0 bridgehead atoms. The van der Waals surface area contributed by atoms with Gasteiger partial charge in [-0.15, -0.1) is 10.2 Å². The first-order valence-electron chi connectivity index (χ1n) is 11.2. The van der Waals surface area contributed by atoms with Crippen LogP contribution >= 0.6 is 11.8 Å². The average Bonchev–Trinajstić information content (AvgIpc) is 3.22. The molecular formula is C23H31N5O2S. The first kappa shape index (κ1) is 21.9. The first-order chi connectivity index (χ1) is 15.3. The number of rotatable bonds is 9. The minimum Gasteiger partial charge on any atom is -0.378 e. The summed E-state index contributed by atoms with van der Waals surface area (Å²) in [6.45, 7) is 4.38. The van der Waals surface area contributed by atoms with E-state index in [0.29, 0.717) is 32.1 Å². The van der Waals surface area contributed by atoms with Crippen molar-refractivity contribution in [2.24, 2.45) is 0 Å². The van der Waals surface area contributed by atoms with Crippen LogP contribution in [0.3, 0.4) is 0 Å². The first-order valence-corrected chi connectivity index (χ1v) is 12.2. The van der Waals surface area contributed by atoms with Gasteiger partial charge in [-0.2, -0.15) is 0 Å². The van der Waals surface area contributed by atoms with E-state index in [1.54, 1.807) is 0 Å². The average molecular weight is 442 g/mol. The number of nitrogens with one attached hydrogen (secondary N) is 1. The van der Waals surface area contributed by atoms with Crippen molar-refractivity contribution in [1.29, 1.82) is 0 Å². The number of carbonyl (C=O) groups excluding carboxylic acids is 1. The molecule has 2 heterocycles. The molecule has 0 radical (unpaired) electrons. The summed E-state index contributed by atoms with van der Waals surface area (Å²) < 4.78 is 7.60. The van der Waals surface area contributed by atoms with Crippen molar-refractivity contribution in [2.75, 3.05) is 43.5 Å². The second-order valence-electron chi connectivity index (χ2n) is 7.95. The number of carbonyl (C=O) groups is 1. The molecule has 4 rings (SSSR count). The minimum atomic E-state index is 0.0450. The summed E-state index contributed by atoms with van der Waals surface area (Å²) in [5, 5.41) is 12.7. The van der Waals surface area contributed by atoms with E-state index < -0.39 is 0 Å². The topological polar surface area (TPSA) is 72.3 Å². The predicted molar refractivity (Wildman–Crippen MR) is 123 cm³/mol. The fraction of sp³-hybridized carbons (Fsp3) is 0.522. The summed E-state index contributed by atoms with van der Waals surface area (Å²) in [4.78, 5) is 14.6. The minimum absolute atomic E-state index is 0.0450. The molecule has 2 aliphatic rings. The van der Waals surface area contributed by atoms with Gasteiger partial charge in [0.25, 0.3) is 0 Å². The van der Waals surface area contributed by atoms with Gasteiger partial charge in [0, 0.05) is 19.6 Å². The highest BCUT2D eigenvalue weighted by Crippen LogP contribution is 2.24. The number of ether oxygens (including phenoxy) is 1. The van der Waals surface area contributed by atoms with Crippen molar-refractivity contribution < 1.29 is 9.53 Å². The molecular weight excluding hydrogens is 410 g/mol. The summed E-state index contributed by atoms with van der Waals surface area (Å²) >= 11 is 1.45. The van der Waals surface area contributed by atoms with Gasteiger partial charge in [0.15, 0.2) is 5.16 Å². The molecule has 1 N–H and O–H groups in total. The van der Waals surface area contributed by atoms with Crippen molar-refractivity contribution in [1.82, 2.24) is 20.1 Å². The maximum absolute atomic E-state index is 12.4. The lowest BCUT2D eigenvalue weighted by atomic mass is 9.97. The normalized spacial score (nSPS) is 16.8. The lowest BCUT2D eigenvalue weighted by Gasteiger charge is -2.28. The smallest absolute Gasteiger partial charge is 0.230 e. The number of hydrogen-bond donors (Lipinski definition) is 1. The van der Waals surface area contributed by atoms with Gasteiger partial charge in [-0.1, -0.05) is 53.7 Å². The lowest BCUT2D eigenvalue weighted by Crippen LogP contribution is -2.38. The van der Waals surface area contributed by atoms with Gasteiger partial charge in [0.1, 0.15) is 0 Å². The van der Waals surface area contributed by atoms with Gasteiger partial charge in [-0.25, -0.2) is 0 Å². The SMILES string of the molecule is O=C(CSc1nnc(N2CCOCC2)n1Cc1ccccc1)NCCC1=CCCCC1. The summed E-state index contributed by atoms with van der Waals surface area (Å²) in [6.07, 6.45) is 8.23. The molecule has 0 unspecified atom stereocenters. The summed E-state index contributed by atoms with van der Waals surface area (Å²) in [5.74, 6) is 1.23. The molecule has 1 aliphatic heterocycles. The Morgan fingerprint density at radius 1 is 1.13 bits per heavy atom. The maximum Gasteiger partial charge on any atom is 0.230 e. The maximum atomic E-state index is 12.4. The Balaban J connectivity index is 1.36. The number of anilines is 1. The van der Waals surface area contributed by atoms with Crippen LogP contribution in [0.2, 0.25) is 0 Å². The molecule has 166 valence electrons. The van der Waals surface area contributed by atoms with E-state index in [4.69, 9.17) is 4.74 Å². The van der Waals surface area contributed by atoms with E-state index in [0.717, 1.165) is 30.6 Å². The summed E-state index contributed by atoms with van der Waals surface area (Å²) in [7, 11) is 0. The molecule has 0 spiro atoms. The van der Waals surface area contributed by atoms with E-state index in [2.05, 4.69) is 43.2 Å². The number of amides is 1. The van der Waals surface area contributed by atoms with Crippen LogP contribution in [0, 0.1) is 0 Å². The van der Waals surface area contributed by atoms with Crippen LogP contribution in [-0.2, 0) is 16.1 Å². The number of allylic oxidation sites excluding steroid dienone is 1. The third-order valence-electron chi connectivity index (χ3n) is 5.66. The number of benzene rings is 1. The molecule has 0 saturated carbocycles. The summed E-state index contributed by atoms with van der Waals surface area (Å²) in [6, 6.07) is 10.3. The molecule has 31 heavy (non-hydrogen) atoms. The molecule has 1 fully saturated rings. The van der Waals surface area contributed by atoms with Crippen LogP contribution < -0.4 is 10.2 Å². The van der Waals surface area contributed by atoms with Gasteiger partial charge < -0.3 is 15.0 Å². The second-order valence-corrected chi connectivity index (χ2v) is 8.89. The van der Waals surface area contributed by atoms with Gasteiger partial charge in [-0.3, -0.25) is 9.36 Å². The molecule has 1 aliphatic carbocycles. The van der Waals surface area contributed by atoms with Crippen molar-refractivity contribution in [3.05, 3.63) is 47.5 Å². The Hall–Kier alpha value is -2.32. The predicted octanol–water partition coefficient (Wildman–Crippen LogP) is 3.26. The quantitative estimate of drug-likeness (QED) is 0.476. The lowest BCUT2D eigenvalue weighted by molar-refractivity contribution is -0.118. The fourth-order valence-corrected chi connectivity index (χ4v) is 4.73. The number of hydrogen-bond acceptors (Lipinski definition) is 6. The van der Waals surface area contributed by atoms with Crippen LogP contribution in [0.5, 0.6) is 0 Å². The molecule has 7 nitrogen and oxygen atoms in total. The van der Waals surface area contributed by atoms with Gasteiger partial charge in [0.2, 0.25) is 11.9 Å². The van der Waals surface area contributed by atoms with Crippen molar-refractivity contribution in [3.63, 3.8) is 0 Å². The van der Waals surface area contributed by atoms with Crippen molar-refractivity contribution in [3.8, 4) is 0 Å². The van der Waals surface area contributed by atoms with E-state index >= 15 is 0 Å². The van der Waals surface area contributed by atoms with Gasteiger partial charge >= 0.3 is 0 Å². The number of morpholine rings is 1. The third-order valence-corrected chi connectivity index (χ3v) is 6.63. The van der Waals surface area contributed by atoms with Crippen molar-refractivity contribution >= 4 is 23.6 Å². The van der Waals surface area contributed by atoms with E-state index in [-0.39, 0.29) is 5.91 Å². The second kappa shape index (κ2) is 11.3. The molecule has 1 aromatic carbocycles. The zero-order chi connectivity index (χ0) is 21.3. The van der Waals surface area contributed by atoms with Crippen molar-refractivity contribution in [2.45, 2.75) is 43.8 Å². The van der Waals surface area contributed by atoms with E-state index in [1.807, 2.05) is 18.2 Å². The zero-order valence-electron chi connectivity index (χ0n) is 18.0. The highest BCUT2D eigenvalue weighted by molar-refractivity contribution is 7.99. The van der Waals surface area contributed by atoms with Crippen LogP contribution in [0.4, 0.5) is 5.95 Å².